The van der Waals surface area contributed by atoms with Crippen molar-refractivity contribution in [1.29, 1.82) is 0 Å². The fraction of sp³-hybridized carbons (Fsp3) is 0.733. The number of carbonyl (C=O) groups excluding carboxylic acids is 2. The van der Waals surface area contributed by atoms with Crippen LogP contribution < -0.4 is 5.73 Å². The van der Waals surface area contributed by atoms with Gasteiger partial charge in [-0.1, -0.05) is 6.08 Å². The molecule has 126 valence electrons. The molecule has 2 N–H and O–H groups in total. The summed E-state index contributed by atoms with van der Waals surface area (Å²) in [7, 11) is 6.57. The second kappa shape index (κ2) is 8.63. The highest BCUT2D eigenvalue weighted by Crippen LogP contribution is 2.21. The second-order valence-corrected chi connectivity index (χ2v) is 5.95. The number of ether oxygens (including phenoxy) is 2. The van der Waals surface area contributed by atoms with Crippen molar-refractivity contribution in [3.8, 4) is 0 Å². The summed E-state index contributed by atoms with van der Waals surface area (Å²) in [5, 5.41) is 0. The predicted octanol–water partition coefficient (Wildman–Crippen LogP) is 1.44. The Morgan fingerprint density at radius 2 is 1.77 bits per heavy atom. The van der Waals surface area contributed by atoms with E-state index in [-0.39, 0.29) is 36.9 Å². The van der Waals surface area contributed by atoms with Crippen molar-refractivity contribution in [2.45, 2.75) is 31.4 Å². The topological polar surface area (TPSA) is 85.1 Å². The first-order chi connectivity index (χ1) is 10.3. The van der Waals surface area contributed by atoms with Gasteiger partial charge in [0.15, 0.2) is 0 Å². The Kier molecular flexibility index (Phi) is 7.17. The minimum absolute atomic E-state index is 0.0504. The third kappa shape index (κ3) is 5.93. The molecule has 3 atom stereocenters. The number of hydrogen-bond donors (Lipinski definition) is 1. The number of nitrogens with zero attached hydrogens (tertiary/aromatic N) is 2. The molecule has 0 saturated carbocycles. The average Bonchev–Trinajstić information content (AvgIpc) is 2.43. The smallest absolute Gasteiger partial charge is 0.409 e. The van der Waals surface area contributed by atoms with Crippen LogP contribution >= 0.6 is 0 Å². The molecule has 1 aliphatic carbocycles. The van der Waals surface area contributed by atoms with Crippen molar-refractivity contribution in [2.24, 2.45) is 11.7 Å². The third-order valence-corrected chi connectivity index (χ3v) is 3.59. The van der Waals surface area contributed by atoms with E-state index in [2.05, 4.69) is 0 Å². The van der Waals surface area contributed by atoms with E-state index in [1.165, 1.54) is 9.80 Å². The summed E-state index contributed by atoms with van der Waals surface area (Å²) in [6, 6.07) is -0.0725. The molecule has 0 aliphatic heterocycles. The zero-order valence-corrected chi connectivity index (χ0v) is 13.8. The molecule has 7 heteroatoms. The van der Waals surface area contributed by atoms with Crippen LogP contribution in [-0.2, 0) is 9.47 Å². The highest BCUT2D eigenvalue weighted by molar-refractivity contribution is 5.67. The summed E-state index contributed by atoms with van der Waals surface area (Å²) < 4.78 is 10.6. The number of nitrogens with two attached hydrogens (primary N) is 1. The summed E-state index contributed by atoms with van der Waals surface area (Å²) in [5.74, 6) is 0.0504. The molecule has 0 saturated heterocycles. The van der Waals surface area contributed by atoms with Gasteiger partial charge in [0.1, 0.15) is 6.10 Å². The largest absolute Gasteiger partial charge is 0.449 e. The second-order valence-electron chi connectivity index (χ2n) is 5.95. The van der Waals surface area contributed by atoms with Gasteiger partial charge in [0.2, 0.25) is 0 Å². The molecule has 2 amide bonds. The minimum Gasteiger partial charge on any atom is -0.449 e. The van der Waals surface area contributed by atoms with Gasteiger partial charge in [-0.25, -0.2) is 9.59 Å². The number of rotatable bonds is 3. The third-order valence-electron chi connectivity index (χ3n) is 3.59. The van der Waals surface area contributed by atoms with Gasteiger partial charge in [0.25, 0.3) is 0 Å². The molecule has 22 heavy (non-hydrogen) atoms. The Morgan fingerprint density at radius 1 is 1.14 bits per heavy atom. The zero-order chi connectivity index (χ0) is 16.7. The Labute approximate surface area is 132 Å². The molecular formula is C15H27N3O4. The SMILES string of the molecule is CN(C)C(=O)OC[C@H]1CC[C@H](OC(=O)N(C)C)/C=C/C[C@H]1N. The maximum atomic E-state index is 11.6. The van der Waals surface area contributed by atoms with Gasteiger partial charge in [-0.2, -0.15) is 0 Å². The van der Waals surface area contributed by atoms with Crippen LogP contribution in [0.1, 0.15) is 19.3 Å². The van der Waals surface area contributed by atoms with Crippen LogP contribution in [0.5, 0.6) is 0 Å². The number of carbonyl (C=O) groups is 2. The van der Waals surface area contributed by atoms with Crippen LogP contribution in [0.3, 0.4) is 0 Å². The van der Waals surface area contributed by atoms with Gasteiger partial charge in [0.05, 0.1) is 6.61 Å². The summed E-state index contributed by atoms with van der Waals surface area (Å²) in [4.78, 5) is 25.9. The van der Waals surface area contributed by atoms with E-state index in [1.807, 2.05) is 12.2 Å². The van der Waals surface area contributed by atoms with Gasteiger partial charge in [0, 0.05) is 40.2 Å². The summed E-state index contributed by atoms with van der Waals surface area (Å²) >= 11 is 0. The van der Waals surface area contributed by atoms with Crippen molar-refractivity contribution >= 4 is 12.2 Å². The van der Waals surface area contributed by atoms with Crippen molar-refractivity contribution in [3.05, 3.63) is 12.2 Å². The first-order valence-electron chi connectivity index (χ1n) is 7.45. The van der Waals surface area contributed by atoms with Crippen molar-refractivity contribution in [2.75, 3.05) is 34.8 Å². The molecule has 0 unspecified atom stereocenters. The van der Waals surface area contributed by atoms with E-state index in [1.54, 1.807) is 28.2 Å². The Bertz CT molecular complexity index is 410. The Balaban J connectivity index is 2.55. The lowest BCUT2D eigenvalue weighted by Crippen LogP contribution is -2.37. The van der Waals surface area contributed by atoms with E-state index in [4.69, 9.17) is 15.2 Å². The molecule has 0 aromatic rings. The maximum Gasteiger partial charge on any atom is 0.409 e. The molecule has 0 fully saturated rings. The quantitative estimate of drug-likeness (QED) is 0.797. The van der Waals surface area contributed by atoms with Crippen molar-refractivity contribution in [3.63, 3.8) is 0 Å². The molecule has 0 aromatic heterocycles. The summed E-state index contributed by atoms with van der Waals surface area (Å²) in [6.45, 7) is 0.278. The van der Waals surface area contributed by atoms with Gasteiger partial charge in [-0.3, -0.25) is 0 Å². The molecule has 0 spiro atoms. The van der Waals surface area contributed by atoms with E-state index < -0.39 is 0 Å². The van der Waals surface area contributed by atoms with E-state index in [9.17, 15) is 9.59 Å². The normalized spacial score (nSPS) is 26.3. The molecule has 0 aromatic carbocycles. The molecule has 0 radical (unpaired) electrons. The Morgan fingerprint density at radius 3 is 2.36 bits per heavy atom. The van der Waals surface area contributed by atoms with Crippen LogP contribution in [0.15, 0.2) is 12.2 Å². The van der Waals surface area contributed by atoms with Crippen molar-refractivity contribution < 1.29 is 19.1 Å². The van der Waals surface area contributed by atoms with Crippen LogP contribution in [0.4, 0.5) is 9.59 Å². The Hall–Kier alpha value is -1.76. The minimum atomic E-state index is -0.375. The zero-order valence-electron chi connectivity index (χ0n) is 13.8. The van der Waals surface area contributed by atoms with Gasteiger partial charge >= 0.3 is 12.2 Å². The van der Waals surface area contributed by atoms with Gasteiger partial charge in [-0.05, 0) is 25.3 Å². The molecule has 7 nitrogen and oxygen atoms in total. The number of amides is 2. The van der Waals surface area contributed by atoms with Gasteiger partial charge in [-0.15, -0.1) is 0 Å². The lowest BCUT2D eigenvalue weighted by Gasteiger charge is -2.27. The first kappa shape index (κ1) is 18.3. The van der Waals surface area contributed by atoms with Crippen molar-refractivity contribution in [1.82, 2.24) is 9.80 Å². The lowest BCUT2D eigenvalue weighted by molar-refractivity contribution is 0.0736. The standard InChI is InChI=1S/C15H27N3O4/c1-17(2)14(19)21-10-11-8-9-12(6-5-7-13(11)16)22-15(20)18(3)4/h5-6,11-13H,7-10,16H2,1-4H3/b6-5+/t11-,12-,13-/m1/s1. The van der Waals surface area contributed by atoms with Crippen LogP contribution in [0.2, 0.25) is 0 Å². The highest BCUT2D eigenvalue weighted by Gasteiger charge is 2.24. The first-order valence-corrected chi connectivity index (χ1v) is 7.45. The fourth-order valence-electron chi connectivity index (χ4n) is 2.12. The maximum absolute atomic E-state index is 11.6. The van der Waals surface area contributed by atoms with E-state index in [0.29, 0.717) is 12.8 Å². The lowest BCUT2D eigenvalue weighted by atomic mass is 9.90. The molecule has 0 heterocycles. The average molecular weight is 313 g/mol. The van der Waals surface area contributed by atoms with E-state index >= 15 is 0 Å². The predicted molar refractivity (Wildman–Crippen MR) is 83.4 cm³/mol. The molecule has 1 aliphatic rings. The fourth-order valence-corrected chi connectivity index (χ4v) is 2.12. The number of hydrogen-bond acceptors (Lipinski definition) is 5. The van der Waals surface area contributed by atoms with Crippen LogP contribution in [-0.4, -0.2) is 68.9 Å². The van der Waals surface area contributed by atoms with Gasteiger partial charge < -0.3 is 25.0 Å². The summed E-state index contributed by atoms with van der Waals surface area (Å²) in [6.07, 6.45) is 4.86. The van der Waals surface area contributed by atoms with E-state index in [0.717, 1.165) is 6.42 Å². The summed E-state index contributed by atoms with van der Waals surface area (Å²) in [5.41, 5.74) is 6.13. The molecule has 1 rings (SSSR count). The molecular weight excluding hydrogens is 286 g/mol. The monoisotopic (exact) mass is 313 g/mol. The molecule has 0 bridgehead atoms. The van der Waals surface area contributed by atoms with Crippen LogP contribution in [0.25, 0.3) is 0 Å². The van der Waals surface area contributed by atoms with Crippen LogP contribution in [0, 0.1) is 5.92 Å². The highest BCUT2D eigenvalue weighted by atomic mass is 16.6.